The number of imidazole rings is 1. The van der Waals surface area contributed by atoms with Crippen molar-refractivity contribution in [3.05, 3.63) is 68.9 Å². The van der Waals surface area contributed by atoms with Crippen molar-refractivity contribution in [1.82, 2.24) is 28.7 Å². The lowest BCUT2D eigenvalue weighted by Crippen LogP contribution is -2.41. The predicted molar refractivity (Wildman–Crippen MR) is 130 cm³/mol. The first-order valence-corrected chi connectivity index (χ1v) is 11.0. The maximum Gasteiger partial charge on any atom is 0.332 e. The van der Waals surface area contributed by atoms with E-state index in [2.05, 4.69) is 20.3 Å². The molecule has 180 valence electrons. The van der Waals surface area contributed by atoms with E-state index < -0.39 is 23.2 Å². The summed E-state index contributed by atoms with van der Waals surface area (Å²) in [6.07, 6.45) is 3.06. The van der Waals surface area contributed by atoms with Crippen molar-refractivity contribution in [2.45, 2.75) is 40.3 Å². The van der Waals surface area contributed by atoms with Gasteiger partial charge in [0.15, 0.2) is 11.2 Å². The molecule has 4 aromatic rings. The number of pyridine rings is 2. The van der Waals surface area contributed by atoms with Crippen LogP contribution in [0.3, 0.4) is 0 Å². The van der Waals surface area contributed by atoms with E-state index in [0.29, 0.717) is 11.5 Å². The molecule has 0 spiro atoms. The molecule has 0 bridgehead atoms. The van der Waals surface area contributed by atoms with Crippen LogP contribution in [0.15, 0.2) is 46.4 Å². The van der Waals surface area contributed by atoms with Gasteiger partial charge in [0.2, 0.25) is 5.91 Å². The van der Waals surface area contributed by atoms with Gasteiger partial charge in [0.1, 0.15) is 17.6 Å². The number of rotatable bonds is 6. The lowest BCUT2D eigenvalue weighted by Gasteiger charge is -2.15. The highest BCUT2D eigenvalue weighted by molar-refractivity contribution is 5.93. The number of aryl methyl sites for hydroxylation is 3. The van der Waals surface area contributed by atoms with E-state index in [1.54, 1.807) is 25.3 Å². The number of fused-ring (bicyclic) bond motifs is 1. The van der Waals surface area contributed by atoms with Crippen LogP contribution in [0.5, 0.6) is 0 Å². The molecule has 0 aromatic carbocycles. The summed E-state index contributed by atoms with van der Waals surface area (Å²) in [5, 5.41) is 2.77. The molecule has 0 unspecified atom stereocenters. The van der Waals surface area contributed by atoms with E-state index >= 15 is 0 Å². The third-order valence-corrected chi connectivity index (χ3v) is 5.87. The quantitative estimate of drug-likeness (QED) is 0.449. The summed E-state index contributed by atoms with van der Waals surface area (Å²) in [6, 6.07) is 6.39. The molecular formula is C24H25N7O4. The van der Waals surface area contributed by atoms with Gasteiger partial charge in [0.25, 0.3) is 5.56 Å². The Balaban J connectivity index is 1.67. The fraction of sp³-hybridized carbons (Fsp3) is 0.292. The minimum absolute atomic E-state index is 0.0546. The van der Waals surface area contributed by atoms with E-state index in [1.165, 1.54) is 29.4 Å². The molecule has 11 heteroatoms. The van der Waals surface area contributed by atoms with Crippen LogP contribution in [0.4, 0.5) is 5.82 Å². The first-order valence-electron chi connectivity index (χ1n) is 11.0. The van der Waals surface area contributed by atoms with Crippen LogP contribution in [-0.4, -0.2) is 40.3 Å². The molecule has 1 N–H and O–H groups in total. The number of Topliss-reactive ketones (excluding diaryl/α,β-unsaturated/α-hetero) is 1. The lowest BCUT2D eigenvalue weighted by molar-refractivity contribution is -0.119. The Morgan fingerprint density at radius 2 is 1.89 bits per heavy atom. The molecule has 0 saturated carbocycles. The van der Waals surface area contributed by atoms with Crippen molar-refractivity contribution >= 4 is 28.7 Å². The van der Waals surface area contributed by atoms with E-state index in [4.69, 9.17) is 0 Å². The highest BCUT2D eigenvalue weighted by atomic mass is 16.2. The molecule has 0 saturated heterocycles. The van der Waals surface area contributed by atoms with E-state index in [0.717, 1.165) is 21.4 Å². The Morgan fingerprint density at radius 1 is 1.14 bits per heavy atom. The van der Waals surface area contributed by atoms with E-state index in [9.17, 15) is 19.2 Å². The highest BCUT2D eigenvalue weighted by Gasteiger charge is 2.23. The molecule has 4 aromatic heterocycles. The van der Waals surface area contributed by atoms with Gasteiger partial charge in [-0.05, 0) is 51.5 Å². The summed E-state index contributed by atoms with van der Waals surface area (Å²) in [4.78, 5) is 63.3. The van der Waals surface area contributed by atoms with Gasteiger partial charge in [-0.25, -0.2) is 14.8 Å². The van der Waals surface area contributed by atoms with Crippen LogP contribution >= 0.6 is 0 Å². The average molecular weight is 476 g/mol. The van der Waals surface area contributed by atoms with Gasteiger partial charge in [0, 0.05) is 24.5 Å². The largest absolute Gasteiger partial charge is 0.332 e. The number of ketones is 1. The average Bonchev–Trinajstić information content (AvgIpc) is 3.27. The SMILES string of the molecule is CC(=O)Cn1c(=O)c2c(ncn2[C@@H](C)C(=O)Nc2cccc(-c3cnc(C)c(C)c3)n2)n(C)c1=O. The standard InChI is InChI=1S/C24H25N7O4/c1-13-9-17(10-25-15(13)3)18-7-6-8-19(27-18)28-22(33)16(4)31-12-26-21-20(31)23(34)30(11-14(2)32)24(35)29(21)5/h6-10,12,16H,11H2,1-5H3,(H,27,28,33)/t16-/m0/s1. The summed E-state index contributed by atoms with van der Waals surface area (Å²) >= 11 is 0. The molecule has 0 radical (unpaired) electrons. The molecular weight excluding hydrogens is 450 g/mol. The summed E-state index contributed by atoms with van der Waals surface area (Å²) in [7, 11) is 1.46. The number of carbonyl (C=O) groups is 2. The summed E-state index contributed by atoms with van der Waals surface area (Å²) in [5.74, 6) is -0.438. The molecule has 4 rings (SSSR count). The molecule has 11 nitrogen and oxygen atoms in total. The first-order chi connectivity index (χ1) is 16.6. The molecule has 0 aliphatic carbocycles. The number of aromatic nitrogens is 6. The number of carbonyl (C=O) groups excluding carboxylic acids is 2. The van der Waals surface area contributed by atoms with Crippen LogP contribution in [-0.2, 0) is 23.2 Å². The van der Waals surface area contributed by atoms with Gasteiger partial charge < -0.3 is 9.88 Å². The van der Waals surface area contributed by atoms with Crippen molar-refractivity contribution in [3.63, 3.8) is 0 Å². The van der Waals surface area contributed by atoms with Gasteiger partial charge in [0.05, 0.1) is 18.6 Å². The summed E-state index contributed by atoms with van der Waals surface area (Å²) in [6.45, 7) is 6.43. The monoisotopic (exact) mass is 475 g/mol. The molecule has 0 aliphatic heterocycles. The number of hydrogen-bond acceptors (Lipinski definition) is 7. The van der Waals surface area contributed by atoms with Gasteiger partial charge in [-0.15, -0.1) is 0 Å². The zero-order chi connectivity index (χ0) is 25.4. The Hall–Kier alpha value is -4.41. The predicted octanol–water partition coefficient (Wildman–Crippen LogP) is 1.76. The van der Waals surface area contributed by atoms with Gasteiger partial charge >= 0.3 is 5.69 Å². The maximum absolute atomic E-state index is 13.1. The fourth-order valence-electron chi connectivity index (χ4n) is 3.75. The van der Waals surface area contributed by atoms with Gasteiger partial charge in [-0.1, -0.05) is 6.07 Å². The maximum atomic E-state index is 13.1. The Kier molecular flexibility index (Phi) is 6.16. The normalized spacial score (nSPS) is 12.0. The Labute approximate surface area is 200 Å². The number of hydrogen-bond donors (Lipinski definition) is 1. The summed E-state index contributed by atoms with van der Waals surface area (Å²) < 4.78 is 3.42. The number of amides is 1. The number of anilines is 1. The van der Waals surface area contributed by atoms with Crippen molar-refractivity contribution < 1.29 is 9.59 Å². The van der Waals surface area contributed by atoms with Crippen LogP contribution in [0.25, 0.3) is 22.4 Å². The van der Waals surface area contributed by atoms with Gasteiger partial charge in [-0.2, -0.15) is 0 Å². The molecule has 1 amide bonds. The van der Waals surface area contributed by atoms with Crippen molar-refractivity contribution in [1.29, 1.82) is 0 Å². The van der Waals surface area contributed by atoms with E-state index in [1.807, 2.05) is 26.0 Å². The van der Waals surface area contributed by atoms with Crippen LogP contribution < -0.4 is 16.6 Å². The van der Waals surface area contributed by atoms with Crippen LogP contribution in [0, 0.1) is 13.8 Å². The fourth-order valence-corrected chi connectivity index (χ4v) is 3.75. The minimum Gasteiger partial charge on any atom is -0.312 e. The topological polar surface area (TPSA) is 134 Å². The molecule has 35 heavy (non-hydrogen) atoms. The van der Waals surface area contributed by atoms with Gasteiger partial charge in [-0.3, -0.25) is 28.5 Å². The third-order valence-electron chi connectivity index (χ3n) is 5.87. The second-order valence-electron chi connectivity index (χ2n) is 8.46. The number of nitrogens with one attached hydrogen (secondary N) is 1. The van der Waals surface area contributed by atoms with Crippen molar-refractivity contribution in [2.24, 2.45) is 7.05 Å². The second-order valence-corrected chi connectivity index (χ2v) is 8.46. The smallest absolute Gasteiger partial charge is 0.312 e. The molecule has 0 aliphatic rings. The Morgan fingerprint density at radius 3 is 2.57 bits per heavy atom. The second kappa shape index (κ2) is 9.09. The third kappa shape index (κ3) is 4.39. The zero-order valence-electron chi connectivity index (χ0n) is 20.1. The zero-order valence-corrected chi connectivity index (χ0v) is 20.1. The first kappa shape index (κ1) is 23.7. The lowest BCUT2D eigenvalue weighted by atomic mass is 10.1. The summed E-state index contributed by atoms with van der Waals surface area (Å²) in [5.41, 5.74) is 2.29. The highest BCUT2D eigenvalue weighted by Crippen LogP contribution is 2.21. The van der Waals surface area contributed by atoms with E-state index in [-0.39, 0.29) is 23.5 Å². The van der Waals surface area contributed by atoms with Crippen molar-refractivity contribution in [2.75, 3.05) is 5.32 Å². The van der Waals surface area contributed by atoms with Crippen LogP contribution in [0.2, 0.25) is 0 Å². The Bertz CT molecular complexity index is 1600. The minimum atomic E-state index is -0.857. The molecule has 4 heterocycles. The van der Waals surface area contributed by atoms with Crippen molar-refractivity contribution in [3.8, 4) is 11.3 Å². The number of nitrogens with zero attached hydrogens (tertiary/aromatic N) is 6. The molecule has 0 fully saturated rings. The molecule has 1 atom stereocenters. The van der Waals surface area contributed by atoms with Crippen LogP contribution in [0.1, 0.15) is 31.1 Å².